The summed E-state index contributed by atoms with van der Waals surface area (Å²) in [6.07, 6.45) is 1.70. The Labute approximate surface area is 174 Å². The highest BCUT2D eigenvalue weighted by molar-refractivity contribution is 6.13. The second-order valence-corrected chi connectivity index (χ2v) is 7.81. The number of para-hydroxylation sites is 1. The molecule has 0 spiro atoms. The first-order chi connectivity index (χ1) is 14.3. The van der Waals surface area contributed by atoms with E-state index in [0.717, 1.165) is 11.1 Å². The maximum Gasteiger partial charge on any atom is 0.256 e. The number of aryl methyl sites for hydroxylation is 1. The van der Waals surface area contributed by atoms with Gasteiger partial charge in [0.25, 0.3) is 5.91 Å². The molecular weight excluding hydrogens is 380 g/mol. The predicted octanol–water partition coefficient (Wildman–Crippen LogP) is 4.75. The fraction of sp³-hybridized carbons (Fsp3) is 0.318. The summed E-state index contributed by atoms with van der Waals surface area (Å²) in [5, 5.41) is 12.2. The van der Waals surface area contributed by atoms with Crippen LogP contribution < -0.4 is 5.32 Å². The molecule has 8 heteroatoms. The third kappa shape index (κ3) is 3.56. The normalized spacial score (nSPS) is 11.6. The fourth-order valence-corrected chi connectivity index (χ4v) is 3.28. The molecule has 0 fully saturated rings. The third-order valence-corrected chi connectivity index (χ3v) is 4.86. The number of nitrogens with zero attached hydrogens (tertiary/aromatic N) is 5. The number of nitrogens with one attached hydrogen (secondary N) is 1. The van der Waals surface area contributed by atoms with Crippen LogP contribution in [0.15, 0.2) is 41.1 Å². The maximum absolute atomic E-state index is 13.3. The smallest absolute Gasteiger partial charge is 0.256 e. The Morgan fingerprint density at radius 3 is 2.57 bits per heavy atom. The lowest BCUT2D eigenvalue weighted by Gasteiger charge is -2.13. The van der Waals surface area contributed by atoms with E-state index in [-0.39, 0.29) is 17.9 Å². The van der Waals surface area contributed by atoms with E-state index in [4.69, 9.17) is 9.51 Å². The van der Waals surface area contributed by atoms with Crippen molar-refractivity contribution >= 4 is 22.6 Å². The number of carbonyl (C=O) groups is 1. The monoisotopic (exact) mass is 404 g/mol. The molecule has 0 radical (unpaired) electrons. The molecule has 0 aliphatic rings. The number of amides is 1. The lowest BCUT2D eigenvalue weighted by Crippen LogP contribution is -2.15. The highest BCUT2D eigenvalue weighted by Crippen LogP contribution is 2.28. The zero-order valence-electron chi connectivity index (χ0n) is 17.7. The SMILES string of the molecule is Cc1nc(-c2ccccc2NC(=O)c2cc(C(C)C)nc3c2cnn3C(C)C)no1. The van der Waals surface area contributed by atoms with Crippen molar-refractivity contribution in [1.82, 2.24) is 24.9 Å². The maximum atomic E-state index is 13.3. The van der Waals surface area contributed by atoms with Gasteiger partial charge in [0.2, 0.25) is 11.7 Å². The Hall–Kier alpha value is -3.55. The van der Waals surface area contributed by atoms with Crippen molar-refractivity contribution < 1.29 is 9.32 Å². The summed E-state index contributed by atoms with van der Waals surface area (Å²) >= 11 is 0. The van der Waals surface area contributed by atoms with Crippen LogP contribution in [0.2, 0.25) is 0 Å². The van der Waals surface area contributed by atoms with Crippen LogP contribution in [0.3, 0.4) is 0 Å². The molecule has 0 bridgehead atoms. The lowest BCUT2D eigenvalue weighted by molar-refractivity contribution is 0.102. The van der Waals surface area contributed by atoms with Crippen LogP contribution in [-0.4, -0.2) is 30.8 Å². The first-order valence-corrected chi connectivity index (χ1v) is 9.94. The summed E-state index contributed by atoms with van der Waals surface area (Å²) in [6.45, 7) is 9.92. The second kappa shape index (κ2) is 7.70. The molecule has 0 aliphatic carbocycles. The molecule has 1 amide bonds. The summed E-state index contributed by atoms with van der Waals surface area (Å²) in [5.74, 6) is 0.828. The largest absolute Gasteiger partial charge is 0.339 e. The van der Waals surface area contributed by atoms with Gasteiger partial charge in [0.05, 0.1) is 22.8 Å². The van der Waals surface area contributed by atoms with Crippen molar-refractivity contribution in [3.63, 3.8) is 0 Å². The van der Waals surface area contributed by atoms with E-state index in [0.29, 0.717) is 34.2 Å². The number of hydrogen-bond donors (Lipinski definition) is 1. The highest BCUT2D eigenvalue weighted by atomic mass is 16.5. The highest BCUT2D eigenvalue weighted by Gasteiger charge is 2.20. The summed E-state index contributed by atoms with van der Waals surface area (Å²) in [6, 6.07) is 9.36. The van der Waals surface area contributed by atoms with E-state index in [1.165, 1.54) is 0 Å². The number of pyridine rings is 1. The predicted molar refractivity (Wildman–Crippen MR) is 114 cm³/mol. The quantitative estimate of drug-likeness (QED) is 0.515. The molecule has 1 aromatic carbocycles. The second-order valence-electron chi connectivity index (χ2n) is 7.81. The van der Waals surface area contributed by atoms with Crippen molar-refractivity contribution in [2.75, 3.05) is 5.32 Å². The number of rotatable bonds is 5. The molecule has 154 valence electrons. The molecule has 30 heavy (non-hydrogen) atoms. The fourth-order valence-electron chi connectivity index (χ4n) is 3.28. The zero-order valence-corrected chi connectivity index (χ0v) is 17.7. The average Bonchev–Trinajstić information content (AvgIpc) is 3.33. The van der Waals surface area contributed by atoms with Crippen LogP contribution in [0.25, 0.3) is 22.4 Å². The van der Waals surface area contributed by atoms with Gasteiger partial charge in [0.15, 0.2) is 5.65 Å². The van der Waals surface area contributed by atoms with Crippen LogP contribution in [-0.2, 0) is 0 Å². The standard InChI is InChI=1S/C22H24N6O2/c1-12(2)19-10-16(17-11-23-28(13(3)4)21(17)25-19)22(29)26-18-9-7-6-8-15(18)20-24-14(5)30-27-20/h6-13H,1-5H3,(H,26,29). The van der Waals surface area contributed by atoms with E-state index < -0.39 is 0 Å². The average molecular weight is 404 g/mol. The molecule has 0 aliphatic heterocycles. The Morgan fingerprint density at radius 2 is 1.90 bits per heavy atom. The number of carbonyl (C=O) groups excluding carboxylic acids is 1. The van der Waals surface area contributed by atoms with Gasteiger partial charge in [0.1, 0.15) is 0 Å². The van der Waals surface area contributed by atoms with Crippen LogP contribution in [0.1, 0.15) is 61.6 Å². The zero-order chi connectivity index (χ0) is 21.4. The molecule has 0 saturated carbocycles. The molecule has 0 unspecified atom stereocenters. The third-order valence-electron chi connectivity index (χ3n) is 4.86. The van der Waals surface area contributed by atoms with Gasteiger partial charge in [-0.2, -0.15) is 10.1 Å². The number of hydrogen-bond acceptors (Lipinski definition) is 6. The number of aromatic nitrogens is 5. The minimum Gasteiger partial charge on any atom is -0.339 e. The van der Waals surface area contributed by atoms with Crippen molar-refractivity contribution in [2.24, 2.45) is 0 Å². The van der Waals surface area contributed by atoms with Crippen molar-refractivity contribution in [3.05, 3.63) is 53.7 Å². The van der Waals surface area contributed by atoms with E-state index in [1.54, 1.807) is 13.1 Å². The van der Waals surface area contributed by atoms with E-state index in [9.17, 15) is 4.79 Å². The molecular formula is C22H24N6O2. The van der Waals surface area contributed by atoms with Gasteiger partial charge in [-0.15, -0.1) is 0 Å². The van der Waals surface area contributed by atoms with Gasteiger partial charge in [-0.25, -0.2) is 9.67 Å². The van der Waals surface area contributed by atoms with E-state index in [1.807, 2.05) is 48.9 Å². The van der Waals surface area contributed by atoms with Crippen molar-refractivity contribution in [3.8, 4) is 11.4 Å². The van der Waals surface area contributed by atoms with Crippen molar-refractivity contribution in [1.29, 1.82) is 0 Å². The van der Waals surface area contributed by atoms with E-state index >= 15 is 0 Å². The molecule has 0 saturated heterocycles. The summed E-state index contributed by atoms with van der Waals surface area (Å²) in [4.78, 5) is 22.4. The summed E-state index contributed by atoms with van der Waals surface area (Å²) in [7, 11) is 0. The molecule has 4 rings (SSSR count). The minimum absolute atomic E-state index is 0.135. The molecule has 4 aromatic rings. The molecule has 3 aromatic heterocycles. The van der Waals surface area contributed by atoms with Crippen molar-refractivity contribution in [2.45, 2.75) is 46.6 Å². The molecule has 0 atom stereocenters. The molecule has 8 nitrogen and oxygen atoms in total. The minimum atomic E-state index is -0.236. The van der Waals surface area contributed by atoms with Crippen LogP contribution >= 0.6 is 0 Å². The van der Waals surface area contributed by atoms with Crippen LogP contribution in [0, 0.1) is 6.92 Å². The first-order valence-electron chi connectivity index (χ1n) is 9.94. The Morgan fingerprint density at radius 1 is 1.13 bits per heavy atom. The first kappa shape index (κ1) is 19.8. The van der Waals surface area contributed by atoms with Gasteiger partial charge in [-0.05, 0) is 38.0 Å². The topological polar surface area (TPSA) is 98.7 Å². The summed E-state index contributed by atoms with van der Waals surface area (Å²) < 4.78 is 6.94. The Balaban J connectivity index is 1.78. The van der Waals surface area contributed by atoms with E-state index in [2.05, 4.69) is 34.4 Å². The molecule has 3 heterocycles. The Bertz CT molecular complexity index is 1220. The molecule has 1 N–H and O–H groups in total. The Kier molecular flexibility index (Phi) is 5.07. The van der Waals surface area contributed by atoms with Gasteiger partial charge in [0, 0.05) is 24.2 Å². The van der Waals surface area contributed by atoms with Crippen LogP contribution in [0.5, 0.6) is 0 Å². The lowest BCUT2D eigenvalue weighted by atomic mass is 10.0. The van der Waals surface area contributed by atoms with Gasteiger partial charge >= 0.3 is 0 Å². The van der Waals surface area contributed by atoms with Gasteiger partial charge < -0.3 is 9.84 Å². The number of benzene rings is 1. The van der Waals surface area contributed by atoms with Gasteiger partial charge in [-0.3, -0.25) is 4.79 Å². The number of fused-ring (bicyclic) bond motifs is 1. The van der Waals surface area contributed by atoms with Crippen LogP contribution in [0.4, 0.5) is 5.69 Å². The number of anilines is 1. The van der Waals surface area contributed by atoms with Gasteiger partial charge in [-0.1, -0.05) is 31.1 Å². The summed E-state index contributed by atoms with van der Waals surface area (Å²) in [5.41, 5.74) is 3.39.